The first-order chi connectivity index (χ1) is 6.83. The molecular formula is C12H13NO. The Bertz CT molecular complexity index is 468. The molecule has 0 unspecified atom stereocenters. The number of pyridine rings is 1. The third-order valence-corrected chi connectivity index (χ3v) is 2.26. The fourth-order valence-corrected chi connectivity index (χ4v) is 1.61. The Kier molecular flexibility index (Phi) is 2.35. The number of fused-ring (bicyclic) bond motifs is 1. The van der Waals surface area contributed by atoms with Gasteiger partial charge in [-0.2, -0.15) is 0 Å². The third kappa shape index (κ3) is 1.43. The van der Waals surface area contributed by atoms with Gasteiger partial charge in [0.15, 0.2) is 0 Å². The number of rotatable bonds is 2. The van der Waals surface area contributed by atoms with Crippen LogP contribution in [0.4, 0.5) is 0 Å². The highest BCUT2D eigenvalue weighted by Gasteiger charge is 2.05. The minimum Gasteiger partial charge on any atom is -0.464 e. The van der Waals surface area contributed by atoms with Gasteiger partial charge in [-0.1, -0.05) is 13.0 Å². The molecule has 0 aliphatic carbocycles. The Labute approximate surface area is 83.3 Å². The van der Waals surface area contributed by atoms with E-state index in [9.17, 15) is 0 Å². The standard InChI is InChI=1S/C12H13NO/c1-3-4-9(2)12-10-6-8-14-11(10)5-7-13-12/h4-8H,3H2,1-2H3/b9-4+. The number of nitrogens with zero attached hydrogens (tertiary/aromatic N) is 1. The van der Waals surface area contributed by atoms with Crippen LogP contribution in [0.5, 0.6) is 0 Å². The minimum absolute atomic E-state index is 0.902. The molecule has 2 nitrogen and oxygen atoms in total. The van der Waals surface area contributed by atoms with Crippen molar-refractivity contribution in [2.45, 2.75) is 20.3 Å². The van der Waals surface area contributed by atoms with Gasteiger partial charge in [0.1, 0.15) is 5.58 Å². The average molecular weight is 187 g/mol. The number of hydrogen-bond acceptors (Lipinski definition) is 2. The van der Waals surface area contributed by atoms with Crippen LogP contribution in [-0.2, 0) is 0 Å². The molecule has 2 heteroatoms. The smallest absolute Gasteiger partial charge is 0.137 e. The van der Waals surface area contributed by atoms with Crippen LogP contribution in [0.2, 0.25) is 0 Å². The van der Waals surface area contributed by atoms with Gasteiger partial charge in [0.2, 0.25) is 0 Å². The van der Waals surface area contributed by atoms with Gasteiger partial charge in [0, 0.05) is 11.6 Å². The van der Waals surface area contributed by atoms with Gasteiger partial charge in [0.05, 0.1) is 12.0 Å². The van der Waals surface area contributed by atoms with Crippen molar-refractivity contribution in [1.29, 1.82) is 0 Å². The number of allylic oxidation sites excluding steroid dienone is 2. The van der Waals surface area contributed by atoms with Gasteiger partial charge >= 0.3 is 0 Å². The van der Waals surface area contributed by atoms with Gasteiger partial charge in [-0.3, -0.25) is 4.98 Å². The molecule has 2 aromatic rings. The molecule has 0 bridgehead atoms. The lowest BCUT2D eigenvalue weighted by Crippen LogP contribution is -1.85. The summed E-state index contributed by atoms with van der Waals surface area (Å²) in [5, 5.41) is 1.09. The molecule has 0 aliphatic rings. The quantitative estimate of drug-likeness (QED) is 0.717. The molecule has 0 saturated carbocycles. The first kappa shape index (κ1) is 9.00. The second kappa shape index (κ2) is 3.66. The summed E-state index contributed by atoms with van der Waals surface area (Å²) in [5.74, 6) is 0. The Balaban J connectivity index is 2.61. The zero-order chi connectivity index (χ0) is 9.97. The van der Waals surface area contributed by atoms with Crippen LogP contribution in [0.1, 0.15) is 26.0 Å². The number of furan rings is 1. The Morgan fingerprint density at radius 2 is 2.36 bits per heavy atom. The average Bonchev–Trinajstić information content (AvgIpc) is 2.65. The number of aromatic nitrogens is 1. The maximum atomic E-state index is 5.32. The van der Waals surface area contributed by atoms with Crippen molar-refractivity contribution in [3.05, 3.63) is 36.4 Å². The first-order valence-corrected chi connectivity index (χ1v) is 4.82. The van der Waals surface area contributed by atoms with E-state index in [0.29, 0.717) is 0 Å². The summed E-state index contributed by atoms with van der Waals surface area (Å²) >= 11 is 0. The Morgan fingerprint density at radius 3 is 3.14 bits per heavy atom. The Hall–Kier alpha value is -1.57. The van der Waals surface area contributed by atoms with E-state index in [4.69, 9.17) is 4.42 Å². The van der Waals surface area contributed by atoms with E-state index < -0.39 is 0 Å². The van der Waals surface area contributed by atoms with Crippen molar-refractivity contribution in [1.82, 2.24) is 4.98 Å². The summed E-state index contributed by atoms with van der Waals surface area (Å²) in [5.41, 5.74) is 3.14. The molecule has 0 atom stereocenters. The van der Waals surface area contributed by atoms with Crippen molar-refractivity contribution >= 4 is 16.5 Å². The predicted octanol–water partition coefficient (Wildman–Crippen LogP) is 3.64. The molecule has 2 rings (SSSR count). The zero-order valence-corrected chi connectivity index (χ0v) is 8.45. The van der Waals surface area contributed by atoms with E-state index in [2.05, 4.69) is 24.9 Å². The second-order valence-corrected chi connectivity index (χ2v) is 3.29. The van der Waals surface area contributed by atoms with Crippen molar-refractivity contribution in [3.63, 3.8) is 0 Å². The predicted molar refractivity (Wildman–Crippen MR) is 58.0 cm³/mol. The number of hydrogen-bond donors (Lipinski definition) is 0. The zero-order valence-electron chi connectivity index (χ0n) is 8.45. The fourth-order valence-electron chi connectivity index (χ4n) is 1.61. The molecule has 0 saturated heterocycles. The molecular weight excluding hydrogens is 174 g/mol. The van der Waals surface area contributed by atoms with Crippen molar-refractivity contribution in [2.75, 3.05) is 0 Å². The second-order valence-electron chi connectivity index (χ2n) is 3.29. The Morgan fingerprint density at radius 1 is 1.50 bits per heavy atom. The molecule has 72 valence electrons. The molecule has 0 aromatic carbocycles. The van der Waals surface area contributed by atoms with Crippen LogP contribution in [0, 0.1) is 0 Å². The molecule has 0 aliphatic heterocycles. The summed E-state index contributed by atoms with van der Waals surface area (Å²) in [4.78, 5) is 4.37. The molecule has 0 fully saturated rings. The lowest BCUT2D eigenvalue weighted by Gasteiger charge is -2.00. The minimum atomic E-state index is 0.902. The highest BCUT2D eigenvalue weighted by atomic mass is 16.3. The van der Waals surface area contributed by atoms with E-state index in [1.165, 1.54) is 5.57 Å². The maximum absolute atomic E-state index is 5.32. The molecule has 0 spiro atoms. The fraction of sp³-hybridized carbons (Fsp3) is 0.250. The summed E-state index contributed by atoms with van der Waals surface area (Å²) in [6.45, 7) is 4.21. The van der Waals surface area contributed by atoms with Crippen LogP contribution in [0.25, 0.3) is 16.5 Å². The van der Waals surface area contributed by atoms with E-state index >= 15 is 0 Å². The monoisotopic (exact) mass is 187 g/mol. The van der Waals surface area contributed by atoms with Gasteiger partial charge in [0.25, 0.3) is 0 Å². The van der Waals surface area contributed by atoms with Gasteiger partial charge in [-0.25, -0.2) is 0 Å². The topological polar surface area (TPSA) is 26.0 Å². The van der Waals surface area contributed by atoms with Crippen LogP contribution >= 0.6 is 0 Å². The summed E-state index contributed by atoms with van der Waals surface area (Å²) < 4.78 is 5.32. The van der Waals surface area contributed by atoms with Gasteiger partial charge in [-0.05, 0) is 31.1 Å². The molecule has 0 N–H and O–H groups in total. The largest absolute Gasteiger partial charge is 0.464 e. The van der Waals surface area contributed by atoms with E-state index in [1.807, 2.05) is 12.1 Å². The maximum Gasteiger partial charge on any atom is 0.137 e. The SMILES string of the molecule is CC/C=C(\C)c1nccc2occc12. The van der Waals surface area contributed by atoms with Crippen molar-refractivity contribution in [3.8, 4) is 0 Å². The lowest BCUT2D eigenvalue weighted by atomic mass is 10.1. The highest BCUT2D eigenvalue weighted by molar-refractivity contribution is 5.88. The molecule has 0 amide bonds. The highest BCUT2D eigenvalue weighted by Crippen LogP contribution is 2.23. The molecule has 2 aromatic heterocycles. The van der Waals surface area contributed by atoms with Crippen LogP contribution < -0.4 is 0 Å². The van der Waals surface area contributed by atoms with Gasteiger partial charge in [-0.15, -0.1) is 0 Å². The third-order valence-electron chi connectivity index (χ3n) is 2.26. The molecule has 0 radical (unpaired) electrons. The summed E-state index contributed by atoms with van der Waals surface area (Å²) in [6, 6.07) is 3.85. The van der Waals surface area contributed by atoms with Crippen LogP contribution in [0.15, 0.2) is 35.1 Å². The molecule has 14 heavy (non-hydrogen) atoms. The summed E-state index contributed by atoms with van der Waals surface area (Å²) in [7, 11) is 0. The normalized spacial score (nSPS) is 12.3. The van der Waals surface area contributed by atoms with Crippen molar-refractivity contribution in [2.24, 2.45) is 0 Å². The first-order valence-electron chi connectivity index (χ1n) is 4.82. The van der Waals surface area contributed by atoms with Gasteiger partial charge < -0.3 is 4.42 Å². The van der Waals surface area contributed by atoms with E-state index in [-0.39, 0.29) is 0 Å². The van der Waals surface area contributed by atoms with Crippen LogP contribution in [0.3, 0.4) is 0 Å². The van der Waals surface area contributed by atoms with E-state index in [1.54, 1.807) is 12.5 Å². The van der Waals surface area contributed by atoms with Crippen molar-refractivity contribution < 1.29 is 4.42 Å². The molecule has 2 heterocycles. The van der Waals surface area contributed by atoms with E-state index in [0.717, 1.165) is 23.1 Å². The van der Waals surface area contributed by atoms with Crippen LogP contribution in [-0.4, -0.2) is 4.98 Å². The summed E-state index contributed by atoms with van der Waals surface area (Å²) in [6.07, 6.45) is 6.69. The lowest BCUT2D eigenvalue weighted by molar-refractivity contribution is 0.615.